The molecule has 98 valence electrons. The highest BCUT2D eigenvalue weighted by Crippen LogP contribution is 2.41. The molecule has 0 unspecified atom stereocenters. The number of benzene rings is 2. The van der Waals surface area contributed by atoms with Crippen LogP contribution in [-0.4, -0.2) is 12.5 Å². The number of amides is 1. The molecule has 3 rings (SSSR count). The van der Waals surface area contributed by atoms with Crippen LogP contribution in [0.4, 0.5) is 5.69 Å². The van der Waals surface area contributed by atoms with Crippen molar-refractivity contribution in [2.75, 3.05) is 11.4 Å². The Morgan fingerprint density at radius 2 is 1.89 bits per heavy atom. The van der Waals surface area contributed by atoms with E-state index in [1.165, 1.54) is 10.9 Å². The SMILES string of the molecule is CCN1C(=O)c2c(C)ccc3c(C(C)C)ccc1c23. The first-order valence-corrected chi connectivity index (χ1v) is 6.94. The smallest absolute Gasteiger partial charge is 0.259 e. The number of carbonyl (C=O) groups is 1. The molecule has 1 heterocycles. The maximum atomic E-state index is 12.5. The van der Waals surface area contributed by atoms with Crippen LogP contribution in [0.3, 0.4) is 0 Å². The normalized spacial score (nSPS) is 13.9. The van der Waals surface area contributed by atoms with E-state index in [2.05, 4.69) is 38.1 Å². The molecule has 0 radical (unpaired) electrons. The molecule has 0 aromatic heterocycles. The van der Waals surface area contributed by atoms with E-state index in [9.17, 15) is 4.79 Å². The lowest BCUT2D eigenvalue weighted by molar-refractivity contribution is 0.0994. The summed E-state index contributed by atoms with van der Waals surface area (Å²) in [4.78, 5) is 14.4. The first-order valence-electron chi connectivity index (χ1n) is 6.94. The van der Waals surface area contributed by atoms with Gasteiger partial charge in [0, 0.05) is 11.9 Å². The second kappa shape index (κ2) is 4.09. The Kier molecular flexibility index (Phi) is 2.63. The molecule has 0 saturated carbocycles. The fourth-order valence-electron chi connectivity index (χ4n) is 3.12. The third-order valence-electron chi connectivity index (χ3n) is 4.09. The molecule has 0 fully saturated rings. The van der Waals surface area contributed by atoms with Crippen LogP contribution >= 0.6 is 0 Å². The summed E-state index contributed by atoms with van der Waals surface area (Å²) in [6, 6.07) is 8.52. The van der Waals surface area contributed by atoms with Gasteiger partial charge in [-0.2, -0.15) is 0 Å². The average molecular weight is 253 g/mol. The molecular weight excluding hydrogens is 234 g/mol. The Labute approximate surface area is 114 Å². The van der Waals surface area contributed by atoms with Crippen molar-refractivity contribution in [3.8, 4) is 0 Å². The molecule has 2 aromatic rings. The monoisotopic (exact) mass is 253 g/mol. The van der Waals surface area contributed by atoms with Crippen molar-refractivity contribution in [3.05, 3.63) is 41.0 Å². The minimum Gasteiger partial charge on any atom is -0.308 e. The summed E-state index contributed by atoms with van der Waals surface area (Å²) in [6.07, 6.45) is 0. The van der Waals surface area contributed by atoms with Gasteiger partial charge in [-0.15, -0.1) is 0 Å². The predicted molar refractivity (Wildman–Crippen MR) is 80.1 cm³/mol. The topological polar surface area (TPSA) is 20.3 Å². The van der Waals surface area contributed by atoms with Crippen LogP contribution in [0.15, 0.2) is 24.3 Å². The van der Waals surface area contributed by atoms with E-state index in [0.717, 1.165) is 28.7 Å². The summed E-state index contributed by atoms with van der Waals surface area (Å²) in [7, 11) is 0. The molecular formula is C17H19NO. The Hall–Kier alpha value is -1.83. The first kappa shape index (κ1) is 12.2. The second-order valence-corrected chi connectivity index (χ2v) is 5.56. The molecule has 2 nitrogen and oxygen atoms in total. The zero-order valence-electron chi connectivity index (χ0n) is 11.9. The maximum Gasteiger partial charge on any atom is 0.259 e. The predicted octanol–water partition coefficient (Wildman–Crippen LogP) is 4.25. The van der Waals surface area contributed by atoms with Crippen molar-refractivity contribution < 1.29 is 4.79 Å². The molecule has 0 bridgehead atoms. The molecule has 2 heteroatoms. The summed E-state index contributed by atoms with van der Waals surface area (Å²) < 4.78 is 0. The largest absolute Gasteiger partial charge is 0.308 e. The highest BCUT2D eigenvalue weighted by atomic mass is 16.2. The van der Waals surface area contributed by atoms with Gasteiger partial charge in [0.05, 0.1) is 11.3 Å². The van der Waals surface area contributed by atoms with Crippen molar-refractivity contribution in [1.82, 2.24) is 0 Å². The molecule has 0 spiro atoms. The number of carbonyl (C=O) groups excluding carboxylic acids is 1. The average Bonchev–Trinajstić information content (AvgIpc) is 2.67. The molecule has 1 aliphatic heterocycles. The molecule has 0 atom stereocenters. The molecule has 19 heavy (non-hydrogen) atoms. The van der Waals surface area contributed by atoms with Gasteiger partial charge in [-0.1, -0.05) is 32.0 Å². The minimum atomic E-state index is 0.154. The Morgan fingerprint density at radius 3 is 2.53 bits per heavy atom. The van der Waals surface area contributed by atoms with Crippen LogP contribution in [0.5, 0.6) is 0 Å². The number of rotatable bonds is 2. The molecule has 1 amide bonds. The van der Waals surface area contributed by atoms with Gasteiger partial charge in [0.1, 0.15) is 0 Å². The lowest BCUT2D eigenvalue weighted by Crippen LogP contribution is -2.26. The zero-order chi connectivity index (χ0) is 13.7. The fraction of sp³-hybridized carbons (Fsp3) is 0.353. The van der Waals surface area contributed by atoms with Crippen molar-refractivity contribution in [2.24, 2.45) is 0 Å². The van der Waals surface area contributed by atoms with Crippen molar-refractivity contribution in [3.63, 3.8) is 0 Å². The van der Waals surface area contributed by atoms with Gasteiger partial charge < -0.3 is 4.90 Å². The summed E-state index contributed by atoms with van der Waals surface area (Å²) in [5.41, 5.74) is 4.38. The molecule has 0 aliphatic carbocycles. The van der Waals surface area contributed by atoms with Crippen LogP contribution in [0.1, 0.15) is 48.2 Å². The van der Waals surface area contributed by atoms with Crippen LogP contribution in [0.2, 0.25) is 0 Å². The van der Waals surface area contributed by atoms with E-state index in [4.69, 9.17) is 0 Å². The summed E-state index contributed by atoms with van der Waals surface area (Å²) in [6.45, 7) is 9.18. The Morgan fingerprint density at radius 1 is 1.16 bits per heavy atom. The lowest BCUT2D eigenvalue weighted by Gasteiger charge is -2.16. The van der Waals surface area contributed by atoms with Crippen molar-refractivity contribution in [2.45, 2.75) is 33.6 Å². The van der Waals surface area contributed by atoms with E-state index in [1.54, 1.807) is 0 Å². The maximum absolute atomic E-state index is 12.5. The van der Waals surface area contributed by atoms with Gasteiger partial charge in [-0.3, -0.25) is 4.79 Å². The van der Waals surface area contributed by atoms with Gasteiger partial charge >= 0.3 is 0 Å². The molecule has 0 saturated heterocycles. The van der Waals surface area contributed by atoms with Crippen LogP contribution < -0.4 is 4.90 Å². The highest BCUT2D eigenvalue weighted by molar-refractivity contribution is 6.26. The van der Waals surface area contributed by atoms with Crippen molar-refractivity contribution in [1.29, 1.82) is 0 Å². The van der Waals surface area contributed by atoms with E-state index >= 15 is 0 Å². The van der Waals surface area contributed by atoms with Crippen molar-refractivity contribution >= 4 is 22.4 Å². The fourth-order valence-corrected chi connectivity index (χ4v) is 3.12. The quantitative estimate of drug-likeness (QED) is 0.783. The second-order valence-electron chi connectivity index (χ2n) is 5.56. The third-order valence-corrected chi connectivity index (χ3v) is 4.09. The Bertz CT molecular complexity index is 685. The number of hydrogen-bond acceptors (Lipinski definition) is 1. The summed E-state index contributed by atoms with van der Waals surface area (Å²) >= 11 is 0. The van der Waals surface area contributed by atoms with Gasteiger partial charge in [0.2, 0.25) is 0 Å². The first-order chi connectivity index (χ1) is 9.06. The van der Waals surface area contributed by atoms with Crippen LogP contribution in [0.25, 0.3) is 10.8 Å². The van der Waals surface area contributed by atoms with E-state index < -0.39 is 0 Å². The minimum absolute atomic E-state index is 0.154. The van der Waals surface area contributed by atoms with E-state index in [1.807, 2.05) is 18.7 Å². The number of nitrogens with zero attached hydrogens (tertiary/aromatic N) is 1. The standard InChI is InChI=1S/C17H19NO/c1-5-18-14-9-8-12(10(2)3)13-7-6-11(4)15(16(13)14)17(18)19/h6-10H,5H2,1-4H3. The van der Waals surface area contributed by atoms with E-state index in [-0.39, 0.29) is 5.91 Å². The number of aryl methyl sites for hydroxylation is 1. The van der Waals surface area contributed by atoms with Gasteiger partial charge in [-0.05, 0) is 42.3 Å². The van der Waals surface area contributed by atoms with Gasteiger partial charge in [-0.25, -0.2) is 0 Å². The molecule has 2 aromatic carbocycles. The van der Waals surface area contributed by atoms with Crippen LogP contribution in [0, 0.1) is 6.92 Å². The third kappa shape index (κ3) is 1.52. The molecule has 0 N–H and O–H groups in total. The van der Waals surface area contributed by atoms with Gasteiger partial charge in [0.25, 0.3) is 5.91 Å². The number of hydrogen-bond donors (Lipinski definition) is 0. The van der Waals surface area contributed by atoms with E-state index in [0.29, 0.717) is 5.92 Å². The lowest BCUT2D eigenvalue weighted by atomic mass is 9.92. The molecule has 1 aliphatic rings. The Balaban J connectivity index is 2.45. The zero-order valence-corrected chi connectivity index (χ0v) is 11.9. The summed E-state index contributed by atoms with van der Waals surface area (Å²) in [5, 5.41) is 2.38. The van der Waals surface area contributed by atoms with Crippen LogP contribution in [-0.2, 0) is 0 Å². The summed E-state index contributed by atoms with van der Waals surface area (Å²) in [5.74, 6) is 0.622. The van der Waals surface area contributed by atoms with Gasteiger partial charge in [0.15, 0.2) is 0 Å². The highest BCUT2D eigenvalue weighted by Gasteiger charge is 2.30. The number of anilines is 1.